The molecule has 3 rings (SSSR count). The van der Waals surface area contributed by atoms with E-state index in [0.29, 0.717) is 0 Å². The van der Waals surface area contributed by atoms with Crippen molar-refractivity contribution in [1.82, 2.24) is 14.7 Å². The van der Waals surface area contributed by atoms with Crippen LogP contribution in [-0.2, 0) is 6.42 Å². The smallest absolute Gasteiger partial charge is 0.321 e. The SMILES string of the molecule is CN(C)C(=O)Nc1ccc(Cc2ccc(NC(=O)N(C)C)cc2)cc1.CN(C)C(=O)Nc1ccccc1. The molecule has 0 aliphatic rings. The molecule has 9 heteroatoms. The number of carbonyl (C=O) groups excluding carboxylic acids is 3. The van der Waals surface area contributed by atoms with Gasteiger partial charge in [-0.25, -0.2) is 14.4 Å². The van der Waals surface area contributed by atoms with Gasteiger partial charge in [0.05, 0.1) is 0 Å². The van der Waals surface area contributed by atoms with Crippen LogP contribution in [0, 0.1) is 0 Å². The van der Waals surface area contributed by atoms with Gasteiger partial charge in [-0.2, -0.15) is 0 Å². The summed E-state index contributed by atoms with van der Waals surface area (Å²) in [7, 11) is 10.2. The summed E-state index contributed by atoms with van der Waals surface area (Å²) in [5, 5.41) is 8.35. The van der Waals surface area contributed by atoms with E-state index in [1.165, 1.54) is 14.7 Å². The van der Waals surface area contributed by atoms with Gasteiger partial charge in [0.1, 0.15) is 0 Å². The molecule has 0 aliphatic carbocycles. The van der Waals surface area contributed by atoms with Gasteiger partial charge in [0.25, 0.3) is 0 Å². The lowest BCUT2D eigenvalue weighted by molar-refractivity contribution is 0.230. The second-order valence-electron chi connectivity index (χ2n) is 8.91. The molecule has 0 aliphatic heterocycles. The first-order valence-electron chi connectivity index (χ1n) is 11.7. The van der Waals surface area contributed by atoms with E-state index < -0.39 is 0 Å². The second-order valence-corrected chi connectivity index (χ2v) is 8.91. The fraction of sp³-hybridized carbons (Fsp3) is 0.250. The Morgan fingerprint density at radius 3 is 1.08 bits per heavy atom. The number of rotatable bonds is 5. The molecule has 0 atom stereocenters. The molecule has 9 nitrogen and oxygen atoms in total. The first kappa shape index (κ1) is 28.7. The molecule has 0 saturated carbocycles. The van der Waals surface area contributed by atoms with Crippen LogP contribution in [0.3, 0.4) is 0 Å². The minimum absolute atomic E-state index is 0.110. The minimum Gasteiger partial charge on any atom is -0.331 e. The molecule has 0 unspecified atom stereocenters. The molecule has 0 aromatic heterocycles. The average molecular weight is 505 g/mol. The molecule has 0 heterocycles. The van der Waals surface area contributed by atoms with E-state index in [1.807, 2.05) is 78.9 Å². The maximum atomic E-state index is 11.6. The van der Waals surface area contributed by atoms with Gasteiger partial charge in [0, 0.05) is 59.3 Å². The fourth-order valence-electron chi connectivity index (χ4n) is 2.87. The van der Waals surface area contributed by atoms with Gasteiger partial charge in [-0.1, -0.05) is 42.5 Å². The number of hydrogen-bond donors (Lipinski definition) is 3. The van der Waals surface area contributed by atoms with Gasteiger partial charge in [-0.3, -0.25) is 0 Å². The van der Waals surface area contributed by atoms with Crippen molar-refractivity contribution in [3.8, 4) is 0 Å². The molecular formula is C28H36N6O3. The summed E-state index contributed by atoms with van der Waals surface area (Å²) < 4.78 is 0. The molecule has 3 N–H and O–H groups in total. The lowest BCUT2D eigenvalue weighted by Crippen LogP contribution is -2.27. The maximum Gasteiger partial charge on any atom is 0.321 e. The Morgan fingerprint density at radius 1 is 0.486 bits per heavy atom. The Hall–Kier alpha value is -4.53. The highest BCUT2D eigenvalue weighted by Crippen LogP contribution is 2.16. The van der Waals surface area contributed by atoms with Crippen molar-refractivity contribution >= 4 is 35.2 Å². The lowest BCUT2D eigenvalue weighted by Gasteiger charge is -2.13. The summed E-state index contributed by atoms with van der Waals surface area (Å²) in [6, 6.07) is 24.5. The van der Waals surface area contributed by atoms with Crippen LogP contribution in [0.4, 0.5) is 31.4 Å². The third kappa shape index (κ3) is 10.3. The van der Waals surface area contributed by atoms with E-state index in [2.05, 4.69) is 16.0 Å². The zero-order valence-corrected chi connectivity index (χ0v) is 22.3. The van der Waals surface area contributed by atoms with Crippen molar-refractivity contribution in [2.45, 2.75) is 6.42 Å². The van der Waals surface area contributed by atoms with Crippen molar-refractivity contribution < 1.29 is 14.4 Å². The van der Waals surface area contributed by atoms with Gasteiger partial charge in [0.15, 0.2) is 0 Å². The van der Waals surface area contributed by atoms with E-state index in [1.54, 1.807) is 42.3 Å². The summed E-state index contributed by atoms with van der Waals surface area (Å²) in [5.74, 6) is 0. The number of nitrogens with zero attached hydrogens (tertiary/aromatic N) is 3. The third-order valence-electron chi connectivity index (χ3n) is 5.06. The van der Waals surface area contributed by atoms with Gasteiger partial charge < -0.3 is 30.7 Å². The first-order valence-corrected chi connectivity index (χ1v) is 11.7. The molecular weight excluding hydrogens is 468 g/mol. The third-order valence-corrected chi connectivity index (χ3v) is 5.06. The number of urea groups is 3. The first-order chi connectivity index (χ1) is 17.5. The highest BCUT2D eigenvalue weighted by atomic mass is 16.2. The summed E-state index contributed by atoms with van der Waals surface area (Å²) in [5.41, 5.74) is 4.64. The van der Waals surface area contributed by atoms with Crippen LogP contribution in [-0.4, -0.2) is 75.1 Å². The quantitative estimate of drug-likeness (QED) is 0.443. The highest BCUT2D eigenvalue weighted by Gasteiger charge is 2.06. The van der Waals surface area contributed by atoms with Gasteiger partial charge >= 0.3 is 18.1 Å². The number of nitrogens with one attached hydrogen (secondary N) is 3. The lowest BCUT2D eigenvalue weighted by atomic mass is 10.0. The topological polar surface area (TPSA) is 97.0 Å². The average Bonchev–Trinajstić information content (AvgIpc) is 2.87. The summed E-state index contributed by atoms with van der Waals surface area (Å²) in [4.78, 5) is 38.8. The Kier molecular flexibility index (Phi) is 11.0. The minimum atomic E-state index is -0.150. The van der Waals surface area contributed by atoms with E-state index in [-0.39, 0.29) is 18.1 Å². The van der Waals surface area contributed by atoms with Crippen molar-refractivity contribution in [1.29, 1.82) is 0 Å². The van der Waals surface area contributed by atoms with Crippen LogP contribution in [0.2, 0.25) is 0 Å². The molecule has 37 heavy (non-hydrogen) atoms. The Labute approximate surface area is 219 Å². The Bertz CT molecular complexity index is 1080. The monoisotopic (exact) mass is 504 g/mol. The Balaban J connectivity index is 0.000000335. The summed E-state index contributed by atoms with van der Waals surface area (Å²) >= 11 is 0. The molecule has 0 fully saturated rings. The van der Waals surface area contributed by atoms with Gasteiger partial charge in [-0.15, -0.1) is 0 Å². The molecule has 196 valence electrons. The molecule has 0 spiro atoms. The number of amides is 6. The molecule has 3 aromatic carbocycles. The van der Waals surface area contributed by atoms with Crippen LogP contribution < -0.4 is 16.0 Å². The fourth-order valence-corrected chi connectivity index (χ4v) is 2.87. The molecule has 3 aromatic rings. The predicted octanol–water partition coefficient (Wildman–Crippen LogP) is 5.24. The van der Waals surface area contributed by atoms with Crippen molar-refractivity contribution in [2.24, 2.45) is 0 Å². The van der Waals surface area contributed by atoms with Crippen molar-refractivity contribution in [3.05, 3.63) is 90.0 Å². The zero-order valence-electron chi connectivity index (χ0n) is 22.3. The molecule has 0 radical (unpaired) electrons. The van der Waals surface area contributed by atoms with Crippen LogP contribution in [0.25, 0.3) is 0 Å². The number of para-hydroxylation sites is 1. The van der Waals surface area contributed by atoms with Gasteiger partial charge in [0.2, 0.25) is 0 Å². The Morgan fingerprint density at radius 2 is 0.784 bits per heavy atom. The summed E-state index contributed by atoms with van der Waals surface area (Å²) in [6.07, 6.45) is 0.782. The number of anilines is 3. The van der Waals surface area contributed by atoms with Crippen molar-refractivity contribution in [3.63, 3.8) is 0 Å². The molecule has 6 amide bonds. The molecule has 0 saturated heterocycles. The normalized spacial score (nSPS) is 9.78. The van der Waals surface area contributed by atoms with E-state index in [0.717, 1.165) is 34.6 Å². The zero-order chi connectivity index (χ0) is 27.4. The highest BCUT2D eigenvalue weighted by molar-refractivity contribution is 5.90. The number of benzene rings is 3. The number of carbonyl (C=O) groups is 3. The number of hydrogen-bond acceptors (Lipinski definition) is 3. The van der Waals surface area contributed by atoms with Crippen LogP contribution in [0.15, 0.2) is 78.9 Å². The van der Waals surface area contributed by atoms with E-state index >= 15 is 0 Å². The molecule has 0 bridgehead atoms. The van der Waals surface area contributed by atoms with E-state index in [9.17, 15) is 14.4 Å². The summed E-state index contributed by atoms with van der Waals surface area (Å²) in [6.45, 7) is 0. The second kappa shape index (κ2) is 14.1. The maximum absolute atomic E-state index is 11.6. The van der Waals surface area contributed by atoms with Crippen LogP contribution >= 0.6 is 0 Å². The standard InChI is InChI=1S/C19H24N4O2.C9H12N2O/c1-22(2)18(24)20-16-9-5-14(6-10-16)13-15-7-11-17(12-8-15)21-19(25)23(3)4;1-11(2)9(12)10-8-6-4-3-5-7-8/h5-12H,13H2,1-4H3,(H,20,24)(H,21,25);3-7H,1-2H3,(H,10,12). The predicted molar refractivity (Wildman–Crippen MR) is 150 cm³/mol. The van der Waals surface area contributed by atoms with Crippen molar-refractivity contribution in [2.75, 3.05) is 58.2 Å². The van der Waals surface area contributed by atoms with Crippen LogP contribution in [0.5, 0.6) is 0 Å². The largest absolute Gasteiger partial charge is 0.331 e. The van der Waals surface area contributed by atoms with Crippen LogP contribution in [0.1, 0.15) is 11.1 Å². The van der Waals surface area contributed by atoms with Gasteiger partial charge in [-0.05, 0) is 53.9 Å². The van der Waals surface area contributed by atoms with E-state index in [4.69, 9.17) is 0 Å².